The molecule has 0 fully saturated rings. The molecule has 1 atom stereocenters. The number of fused-ring (bicyclic) bond motifs is 1. The van der Waals surface area contributed by atoms with Crippen LogP contribution >= 0.6 is 0 Å². The number of hydrogen-bond donors (Lipinski definition) is 1. The highest BCUT2D eigenvalue weighted by molar-refractivity contribution is 5.86. The Bertz CT molecular complexity index is 812. The van der Waals surface area contributed by atoms with E-state index >= 15 is 0 Å². The van der Waals surface area contributed by atoms with Crippen LogP contribution in [0.25, 0.3) is 11.0 Å². The molecule has 0 aliphatic heterocycles. The first kappa shape index (κ1) is 13.1. The number of hydrogen-bond acceptors (Lipinski definition) is 5. The van der Waals surface area contributed by atoms with Crippen molar-refractivity contribution >= 4 is 16.9 Å². The van der Waals surface area contributed by atoms with Crippen molar-refractivity contribution in [1.29, 1.82) is 5.26 Å². The zero-order valence-corrected chi connectivity index (χ0v) is 11.8. The minimum Gasteiger partial charge on any atom is -0.363 e. The fourth-order valence-corrected chi connectivity index (χ4v) is 2.21. The second-order valence-corrected chi connectivity index (χ2v) is 4.83. The van der Waals surface area contributed by atoms with Crippen molar-refractivity contribution in [3.8, 4) is 6.07 Å². The van der Waals surface area contributed by atoms with Gasteiger partial charge in [0.2, 0.25) is 0 Å². The molecule has 6 heteroatoms. The number of nitrogens with one attached hydrogen (secondary N) is 1. The van der Waals surface area contributed by atoms with Crippen LogP contribution in [0.15, 0.2) is 36.8 Å². The van der Waals surface area contributed by atoms with Crippen molar-refractivity contribution in [3.63, 3.8) is 0 Å². The van der Waals surface area contributed by atoms with E-state index in [0.717, 1.165) is 22.4 Å². The number of nitrogens with zero attached hydrogens (tertiary/aromatic N) is 5. The largest absolute Gasteiger partial charge is 0.363 e. The van der Waals surface area contributed by atoms with Crippen molar-refractivity contribution in [3.05, 3.63) is 47.9 Å². The van der Waals surface area contributed by atoms with E-state index in [1.165, 1.54) is 6.33 Å². The Morgan fingerprint density at radius 2 is 2.00 bits per heavy atom. The lowest BCUT2D eigenvalue weighted by Gasteiger charge is -2.15. The van der Waals surface area contributed by atoms with Gasteiger partial charge in [-0.3, -0.25) is 4.68 Å². The van der Waals surface area contributed by atoms with Gasteiger partial charge in [0.25, 0.3) is 0 Å². The van der Waals surface area contributed by atoms with Crippen LogP contribution in [0.3, 0.4) is 0 Å². The third kappa shape index (κ3) is 2.41. The van der Waals surface area contributed by atoms with E-state index in [2.05, 4.69) is 26.5 Å². The lowest BCUT2D eigenvalue weighted by Crippen LogP contribution is -2.08. The maximum atomic E-state index is 8.83. The van der Waals surface area contributed by atoms with Crippen molar-refractivity contribution in [2.75, 3.05) is 5.32 Å². The molecule has 0 amide bonds. The maximum absolute atomic E-state index is 8.83. The Labute approximate surface area is 122 Å². The minimum atomic E-state index is 0.0658. The third-order valence-corrected chi connectivity index (χ3v) is 3.42. The molecular formula is C15H14N6. The molecule has 1 N–H and O–H groups in total. The summed E-state index contributed by atoms with van der Waals surface area (Å²) in [6, 6.07) is 9.69. The Morgan fingerprint density at radius 3 is 2.71 bits per heavy atom. The molecule has 0 saturated carbocycles. The fourth-order valence-electron chi connectivity index (χ4n) is 2.21. The van der Waals surface area contributed by atoms with Crippen LogP contribution in [-0.4, -0.2) is 19.7 Å². The Hall–Kier alpha value is -2.94. The molecule has 3 rings (SSSR count). The number of anilines is 1. The average molecular weight is 278 g/mol. The van der Waals surface area contributed by atoms with Crippen LogP contribution in [0.4, 0.5) is 5.82 Å². The highest BCUT2D eigenvalue weighted by Gasteiger charge is 2.11. The summed E-state index contributed by atoms with van der Waals surface area (Å²) in [5.41, 5.74) is 2.53. The molecule has 2 heterocycles. The van der Waals surface area contributed by atoms with Crippen LogP contribution in [-0.2, 0) is 7.05 Å². The topological polar surface area (TPSA) is 79.4 Å². The summed E-state index contributed by atoms with van der Waals surface area (Å²) in [7, 11) is 1.85. The summed E-state index contributed by atoms with van der Waals surface area (Å²) < 4.78 is 1.72. The summed E-state index contributed by atoms with van der Waals surface area (Å²) in [4.78, 5) is 8.51. The Morgan fingerprint density at radius 1 is 1.24 bits per heavy atom. The third-order valence-electron chi connectivity index (χ3n) is 3.42. The zero-order chi connectivity index (χ0) is 14.8. The van der Waals surface area contributed by atoms with Crippen LogP contribution in [0.5, 0.6) is 0 Å². The van der Waals surface area contributed by atoms with Gasteiger partial charge in [0.15, 0.2) is 5.65 Å². The van der Waals surface area contributed by atoms with E-state index in [4.69, 9.17) is 5.26 Å². The van der Waals surface area contributed by atoms with E-state index in [9.17, 15) is 0 Å². The highest BCUT2D eigenvalue weighted by Crippen LogP contribution is 2.23. The van der Waals surface area contributed by atoms with Crippen molar-refractivity contribution in [1.82, 2.24) is 19.7 Å². The average Bonchev–Trinajstić information content (AvgIpc) is 2.90. The SMILES string of the molecule is C[C@H](Nc1ncnc2c1cnn2C)c1ccc(C#N)cc1. The van der Waals surface area contributed by atoms with Gasteiger partial charge in [0.1, 0.15) is 12.1 Å². The van der Waals surface area contributed by atoms with Crippen LogP contribution in [0.2, 0.25) is 0 Å². The number of benzene rings is 1. The fraction of sp³-hybridized carbons (Fsp3) is 0.200. The van der Waals surface area contributed by atoms with E-state index in [1.807, 2.05) is 38.2 Å². The van der Waals surface area contributed by atoms with Gasteiger partial charge in [-0.15, -0.1) is 0 Å². The molecule has 0 aliphatic carbocycles. The monoisotopic (exact) mass is 278 g/mol. The minimum absolute atomic E-state index is 0.0658. The smallest absolute Gasteiger partial charge is 0.163 e. The lowest BCUT2D eigenvalue weighted by molar-refractivity contribution is 0.785. The first-order valence-electron chi connectivity index (χ1n) is 6.58. The summed E-state index contributed by atoms with van der Waals surface area (Å²) in [6.45, 7) is 2.05. The normalized spacial score (nSPS) is 12.0. The van der Waals surface area contributed by atoms with Gasteiger partial charge in [-0.2, -0.15) is 10.4 Å². The standard InChI is InChI=1S/C15H14N6/c1-10(12-5-3-11(7-16)4-6-12)20-14-13-8-19-21(2)15(13)18-9-17-14/h3-6,8-10H,1-2H3,(H,17,18,20)/t10-/m0/s1. The summed E-state index contributed by atoms with van der Waals surface area (Å²) in [5, 5.41) is 17.3. The van der Waals surface area contributed by atoms with Crippen LogP contribution < -0.4 is 5.32 Å². The predicted molar refractivity (Wildman–Crippen MR) is 79.5 cm³/mol. The number of nitriles is 1. The van der Waals surface area contributed by atoms with E-state index in [-0.39, 0.29) is 6.04 Å². The molecule has 1 aromatic carbocycles. The van der Waals surface area contributed by atoms with Gasteiger partial charge in [-0.1, -0.05) is 12.1 Å². The molecule has 0 bridgehead atoms. The quantitative estimate of drug-likeness (QED) is 0.795. The maximum Gasteiger partial charge on any atom is 0.163 e. The van der Waals surface area contributed by atoms with Crippen LogP contribution in [0.1, 0.15) is 24.1 Å². The molecule has 0 unspecified atom stereocenters. The van der Waals surface area contributed by atoms with Gasteiger partial charge in [0.05, 0.1) is 23.2 Å². The highest BCUT2D eigenvalue weighted by atomic mass is 15.3. The summed E-state index contributed by atoms with van der Waals surface area (Å²) in [6.07, 6.45) is 3.28. The number of rotatable bonds is 3. The molecule has 6 nitrogen and oxygen atoms in total. The molecule has 21 heavy (non-hydrogen) atoms. The van der Waals surface area contributed by atoms with Crippen LogP contribution in [0, 0.1) is 11.3 Å². The second kappa shape index (κ2) is 5.21. The van der Waals surface area contributed by atoms with Gasteiger partial charge in [0, 0.05) is 13.1 Å². The first-order chi connectivity index (χ1) is 10.2. The lowest BCUT2D eigenvalue weighted by atomic mass is 10.1. The molecular weight excluding hydrogens is 264 g/mol. The molecule has 3 aromatic rings. The molecule has 2 aromatic heterocycles. The molecule has 0 radical (unpaired) electrons. The molecule has 104 valence electrons. The van der Waals surface area contributed by atoms with Gasteiger partial charge >= 0.3 is 0 Å². The number of aryl methyl sites for hydroxylation is 1. The zero-order valence-electron chi connectivity index (χ0n) is 11.8. The van der Waals surface area contributed by atoms with E-state index in [1.54, 1.807) is 10.9 Å². The van der Waals surface area contributed by atoms with Gasteiger partial charge < -0.3 is 5.32 Å². The molecule has 0 spiro atoms. The van der Waals surface area contributed by atoms with E-state index < -0.39 is 0 Å². The van der Waals surface area contributed by atoms with E-state index in [0.29, 0.717) is 5.56 Å². The van der Waals surface area contributed by atoms with Gasteiger partial charge in [-0.25, -0.2) is 9.97 Å². The van der Waals surface area contributed by atoms with Crippen molar-refractivity contribution < 1.29 is 0 Å². The Kier molecular flexibility index (Phi) is 3.24. The van der Waals surface area contributed by atoms with Crippen molar-refractivity contribution in [2.24, 2.45) is 7.05 Å². The predicted octanol–water partition coefficient (Wildman–Crippen LogP) is 2.41. The molecule has 0 saturated heterocycles. The van der Waals surface area contributed by atoms with Gasteiger partial charge in [-0.05, 0) is 24.6 Å². The molecule has 0 aliphatic rings. The number of aromatic nitrogens is 4. The van der Waals surface area contributed by atoms with Crippen molar-refractivity contribution in [2.45, 2.75) is 13.0 Å². The second-order valence-electron chi connectivity index (χ2n) is 4.83. The summed E-state index contributed by atoms with van der Waals surface area (Å²) >= 11 is 0. The first-order valence-corrected chi connectivity index (χ1v) is 6.58. The Balaban J connectivity index is 1.89. The summed E-state index contributed by atoms with van der Waals surface area (Å²) in [5.74, 6) is 0.755.